The first-order valence-electron chi connectivity index (χ1n) is 12.2. The van der Waals surface area contributed by atoms with E-state index in [0.29, 0.717) is 25.0 Å². The fourth-order valence-corrected chi connectivity index (χ4v) is 5.39. The number of aromatic hydroxyl groups is 1. The normalized spacial score (nSPS) is 36.4. The lowest BCUT2D eigenvalue weighted by atomic mass is 9.76. The summed E-state index contributed by atoms with van der Waals surface area (Å²) in [7, 11) is 1.30. The molecule has 6 N–H and O–H groups in total. The molecule has 1 unspecified atom stereocenters. The van der Waals surface area contributed by atoms with E-state index >= 15 is 0 Å². The summed E-state index contributed by atoms with van der Waals surface area (Å²) in [6.45, 7) is 2.05. The zero-order valence-electron chi connectivity index (χ0n) is 20.3. The number of fused-ring (bicyclic) bond motifs is 1. The number of aliphatic hydroxyl groups excluding tert-OH is 4. The van der Waals surface area contributed by atoms with Crippen molar-refractivity contribution in [1.82, 2.24) is 5.32 Å². The van der Waals surface area contributed by atoms with Crippen molar-refractivity contribution in [1.29, 1.82) is 0 Å². The van der Waals surface area contributed by atoms with Crippen molar-refractivity contribution < 1.29 is 49.3 Å². The molecule has 0 aliphatic carbocycles. The molecule has 0 saturated carbocycles. The second-order valence-corrected chi connectivity index (χ2v) is 9.46. The molecule has 3 aliphatic rings. The Morgan fingerprint density at radius 2 is 1.94 bits per heavy atom. The number of carbonyl (C=O) groups is 1. The van der Waals surface area contributed by atoms with Crippen LogP contribution in [0.25, 0.3) is 0 Å². The fourth-order valence-electron chi connectivity index (χ4n) is 5.39. The van der Waals surface area contributed by atoms with Gasteiger partial charge in [0.25, 0.3) is 0 Å². The molecule has 200 valence electrons. The maximum Gasteiger partial charge on any atom is 0.337 e. The van der Waals surface area contributed by atoms with Gasteiger partial charge in [-0.05, 0) is 49.1 Å². The van der Waals surface area contributed by atoms with Crippen LogP contribution >= 0.6 is 0 Å². The summed E-state index contributed by atoms with van der Waals surface area (Å²) in [5, 5.41) is 53.5. The second-order valence-electron chi connectivity index (χ2n) is 9.46. The highest BCUT2D eigenvalue weighted by atomic mass is 16.8. The van der Waals surface area contributed by atoms with E-state index in [1.54, 1.807) is 12.1 Å². The van der Waals surface area contributed by atoms with Crippen molar-refractivity contribution in [3.63, 3.8) is 0 Å². The maximum atomic E-state index is 12.7. The Morgan fingerprint density at radius 1 is 1.17 bits per heavy atom. The highest BCUT2D eigenvalue weighted by Gasteiger charge is 2.48. The molecule has 0 radical (unpaired) electrons. The predicted molar refractivity (Wildman–Crippen MR) is 124 cm³/mol. The summed E-state index contributed by atoms with van der Waals surface area (Å²) in [5.74, 6) is -1.04. The number of esters is 1. The Labute approximate surface area is 209 Å². The summed E-state index contributed by atoms with van der Waals surface area (Å²) in [6.07, 6.45) is -4.98. The smallest absolute Gasteiger partial charge is 0.337 e. The molecule has 11 heteroatoms. The van der Waals surface area contributed by atoms with Gasteiger partial charge in [0.2, 0.25) is 6.29 Å². The molecule has 1 aromatic carbocycles. The van der Waals surface area contributed by atoms with E-state index in [4.69, 9.17) is 18.9 Å². The van der Waals surface area contributed by atoms with Crippen LogP contribution in [0.2, 0.25) is 0 Å². The van der Waals surface area contributed by atoms with Crippen molar-refractivity contribution >= 4 is 5.97 Å². The molecule has 3 aliphatic heterocycles. The Morgan fingerprint density at radius 3 is 2.64 bits per heavy atom. The number of carbonyl (C=O) groups excluding carboxylic acids is 1. The minimum Gasteiger partial charge on any atom is -0.508 e. The topological polar surface area (TPSA) is 167 Å². The van der Waals surface area contributed by atoms with Crippen LogP contribution in [0.15, 0.2) is 30.0 Å². The Balaban J connectivity index is 1.59. The van der Waals surface area contributed by atoms with Gasteiger partial charge in [0.05, 0.1) is 25.6 Å². The molecule has 4 rings (SSSR count). The summed E-state index contributed by atoms with van der Waals surface area (Å²) in [4.78, 5) is 12.7. The van der Waals surface area contributed by atoms with Crippen molar-refractivity contribution in [3.8, 4) is 5.75 Å². The fraction of sp³-hybridized carbons (Fsp3) is 0.640. The van der Waals surface area contributed by atoms with E-state index in [1.165, 1.54) is 13.4 Å². The van der Waals surface area contributed by atoms with E-state index in [1.807, 2.05) is 13.0 Å². The van der Waals surface area contributed by atoms with Crippen molar-refractivity contribution in [2.75, 3.05) is 20.3 Å². The number of methoxy groups -OCH3 is 1. The quantitative estimate of drug-likeness (QED) is 0.270. The number of hydrogen-bond acceptors (Lipinski definition) is 11. The van der Waals surface area contributed by atoms with Gasteiger partial charge in [0.15, 0.2) is 6.29 Å². The van der Waals surface area contributed by atoms with Crippen LogP contribution in [0.1, 0.15) is 36.9 Å². The zero-order chi connectivity index (χ0) is 26.0. The number of aliphatic hydroxyl groups is 4. The SMILES string of the molecule is CC[C@H]1C(O[C@@H]2O[C@H](CO)[C@@H](O)[C@H](O)[C@H]2O)OC=C(C(=O)OC)[C@H]1C[C@H]1NCCc2cc(O)ccc21. The van der Waals surface area contributed by atoms with E-state index in [9.17, 15) is 30.3 Å². The number of hydrogen-bond donors (Lipinski definition) is 6. The molecule has 0 spiro atoms. The van der Waals surface area contributed by atoms with Gasteiger partial charge in [-0.15, -0.1) is 0 Å². The lowest BCUT2D eigenvalue weighted by Crippen LogP contribution is -2.60. The first kappa shape index (κ1) is 26.8. The third-order valence-electron chi connectivity index (χ3n) is 7.38. The Kier molecular flexibility index (Phi) is 8.51. The summed E-state index contributed by atoms with van der Waals surface area (Å²) in [5.41, 5.74) is 2.43. The molecule has 9 atom stereocenters. The molecule has 1 fully saturated rings. The number of rotatable bonds is 7. The van der Waals surface area contributed by atoms with Gasteiger partial charge >= 0.3 is 5.97 Å². The van der Waals surface area contributed by atoms with Gasteiger partial charge < -0.3 is 49.8 Å². The molecule has 3 heterocycles. The van der Waals surface area contributed by atoms with Crippen LogP contribution < -0.4 is 5.32 Å². The molecule has 1 aromatic rings. The Bertz CT molecular complexity index is 953. The summed E-state index contributed by atoms with van der Waals surface area (Å²) < 4.78 is 22.2. The zero-order valence-corrected chi connectivity index (χ0v) is 20.3. The molecule has 1 saturated heterocycles. The lowest BCUT2D eigenvalue weighted by molar-refractivity contribution is -0.342. The maximum absolute atomic E-state index is 12.7. The highest BCUT2D eigenvalue weighted by molar-refractivity contribution is 5.88. The lowest BCUT2D eigenvalue weighted by Gasteiger charge is -2.44. The van der Waals surface area contributed by atoms with Crippen molar-refractivity contribution in [3.05, 3.63) is 41.2 Å². The van der Waals surface area contributed by atoms with Crippen LogP contribution in [-0.4, -0.2) is 88.8 Å². The van der Waals surface area contributed by atoms with Gasteiger partial charge in [0.1, 0.15) is 30.2 Å². The van der Waals surface area contributed by atoms with Crippen LogP contribution in [0, 0.1) is 11.8 Å². The number of nitrogens with one attached hydrogen (secondary N) is 1. The molecule has 11 nitrogen and oxygen atoms in total. The van der Waals surface area contributed by atoms with Crippen LogP contribution in [-0.2, 0) is 30.2 Å². The summed E-state index contributed by atoms with van der Waals surface area (Å²) >= 11 is 0. The molecule has 0 amide bonds. The number of phenols is 1. The van der Waals surface area contributed by atoms with E-state index in [0.717, 1.165) is 17.5 Å². The number of ether oxygens (including phenoxy) is 4. The molecule has 0 bridgehead atoms. The Hall–Kier alpha value is -2.25. The molecular weight excluding hydrogens is 474 g/mol. The predicted octanol–water partition coefficient (Wildman–Crippen LogP) is -0.159. The van der Waals surface area contributed by atoms with Gasteiger partial charge in [-0.3, -0.25) is 0 Å². The molecule has 0 aromatic heterocycles. The van der Waals surface area contributed by atoms with Gasteiger partial charge in [-0.25, -0.2) is 4.79 Å². The largest absolute Gasteiger partial charge is 0.508 e. The van der Waals surface area contributed by atoms with E-state index in [2.05, 4.69) is 5.32 Å². The van der Waals surface area contributed by atoms with Crippen LogP contribution in [0.5, 0.6) is 5.75 Å². The number of benzene rings is 1. The average Bonchev–Trinajstić information content (AvgIpc) is 2.88. The van der Waals surface area contributed by atoms with Crippen LogP contribution in [0.3, 0.4) is 0 Å². The van der Waals surface area contributed by atoms with Crippen molar-refractivity contribution in [2.45, 2.75) is 69.2 Å². The standard InChI is InChI=1S/C25H35NO10/c1-3-14-16(9-18-15-5-4-13(28)8-12(15)6-7-26-18)17(23(32)33-2)11-34-24(14)36-25-22(31)21(30)20(29)19(10-27)35-25/h4-5,8,11,14,16,18-22,24-31H,3,6-7,9-10H2,1-2H3/t14-,16+,18-,19-,20-,21+,22-,24?,25+/m1/s1. The third kappa shape index (κ3) is 5.23. The van der Waals surface area contributed by atoms with Gasteiger partial charge in [-0.2, -0.15) is 0 Å². The minimum absolute atomic E-state index is 0.104. The minimum atomic E-state index is -1.58. The third-order valence-corrected chi connectivity index (χ3v) is 7.38. The first-order chi connectivity index (χ1) is 17.3. The highest BCUT2D eigenvalue weighted by Crippen LogP contribution is 2.42. The molecular formula is C25H35NO10. The first-order valence-corrected chi connectivity index (χ1v) is 12.2. The summed E-state index contributed by atoms with van der Waals surface area (Å²) in [6, 6.07) is 5.17. The second kappa shape index (κ2) is 11.4. The average molecular weight is 510 g/mol. The van der Waals surface area contributed by atoms with Gasteiger partial charge in [-0.1, -0.05) is 13.0 Å². The van der Waals surface area contributed by atoms with Gasteiger partial charge in [0, 0.05) is 17.9 Å². The monoisotopic (exact) mass is 509 g/mol. The van der Waals surface area contributed by atoms with Crippen LogP contribution in [0.4, 0.5) is 0 Å². The molecule has 36 heavy (non-hydrogen) atoms. The van der Waals surface area contributed by atoms with Crippen molar-refractivity contribution in [2.24, 2.45) is 11.8 Å². The number of phenolic OH excluding ortho intramolecular Hbond substituents is 1. The van der Waals surface area contributed by atoms with E-state index in [-0.39, 0.29) is 23.6 Å². The van der Waals surface area contributed by atoms with E-state index < -0.39 is 49.6 Å².